The van der Waals surface area contributed by atoms with E-state index in [0.717, 1.165) is 0 Å². The fourth-order valence-electron chi connectivity index (χ4n) is 3.33. The predicted molar refractivity (Wildman–Crippen MR) is 130 cm³/mol. The molecule has 1 heterocycles. The summed E-state index contributed by atoms with van der Waals surface area (Å²) < 4.78 is 16.3. The van der Waals surface area contributed by atoms with Gasteiger partial charge in [0.25, 0.3) is 11.5 Å². The van der Waals surface area contributed by atoms with Crippen LogP contribution in [0.15, 0.2) is 53.3 Å². The number of esters is 1. The Morgan fingerprint density at radius 3 is 2.40 bits per heavy atom. The van der Waals surface area contributed by atoms with Gasteiger partial charge >= 0.3 is 5.97 Å². The number of nitrogens with one attached hydrogen (secondary N) is 2. The van der Waals surface area contributed by atoms with Crippen molar-refractivity contribution in [3.8, 4) is 28.7 Å². The number of hydrogen-bond donors (Lipinski definition) is 2. The van der Waals surface area contributed by atoms with Crippen LogP contribution in [0.3, 0.4) is 0 Å². The van der Waals surface area contributed by atoms with E-state index in [9.17, 15) is 19.6 Å². The van der Waals surface area contributed by atoms with E-state index in [2.05, 4.69) is 10.3 Å². The third-order valence-electron chi connectivity index (χ3n) is 4.87. The molecule has 0 radical (unpaired) electrons. The van der Waals surface area contributed by atoms with Gasteiger partial charge in [0, 0.05) is 16.9 Å². The fraction of sp³-hybridized carbons (Fsp3) is 0.231. The van der Waals surface area contributed by atoms with Crippen molar-refractivity contribution in [3.05, 3.63) is 75.7 Å². The topological polar surface area (TPSA) is 131 Å². The number of carbonyl (C=O) groups excluding carboxylic acids is 2. The lowest BCUT2D eigenvalue weighted by Crippen LogP contribution is -2.20. The molecule has 2 N–H and O–H groups in total. The fourth-order valence-corrected chi connectivity index (χ4v) is 3.33. The summed E-state index contributed by atoms with van der Waals surface area (Å²) >= 11 is 0. The zero-order valence-electron chi connectivity index (χ0n) is 19.6. The molecule has 1 aromatic heterocycles. The van der Waals surface area contributed by atoms with Gasteiger partial charge in [-0.3, -0.25) is 9.59 Å². The Bertz CT molecular complexity index is 1320. The maximum absolute atomic E-state index is 12.4. The molecular formula is C26H25N3O6. The number of nitriles is 1. The first-order valence-electron chi connectivity index (χ1n) is 11.0. The van der Waals surface area contributed by atoms with Gasteiger partial charge in [-0.15, -0.1) is 0 Å². The number of rotatable bonds is 9. The number of aryl methyl sites for hydroxylation is 1. The molecule has 0 aliphatic heterocycles. The van der Waals surface area contributed by atoms with Gasteiger partial charge in [0.15, 0.2) is 18.1 Å². The number of H-pyrrole nitrogens is 1. The van der Waals surface area contributed by atoms with Crippen LogP contribution in [0, 0.1) is 18.3 Å². The number of carbonyl (C=O) groups is 2. The van der Waals surface area contributed by atoms with E-state index in [1.807, 2.05) is 6.07 Å². The van der Waals surface area contributed by atoms with E-state index in [1.54, 1.807) is 69.3 Å². The van der Waals surface area contributed by atoms with Crippen molar-refractivity contribution < 1.29 is 23.8 Å². The van der Waals surface area contributed by atoms with Crippen molar-refractivity contribution in [1.82, 2.24) is 4.98 Å². The van der Waals surface area contributed by atoms with Gasteiger partial charge in [-0.05, 0) is 68.8 Å². The number of anilines is 1. The van der Waals surface area contributed by atoms with E-state index in [-0.39, 0.29) is 18.8 Å². The second kappa shape index (κ2) is 11.5. The van der Waals surface area contributed by atoms with Crippen molar-refractivity contribution in [3.63, 3.8) is 0 Å². The third-order valence-corrected chi connectivity index (χ3v) is 4.87. The lowest BCUT2D eigenvalue weighted by Gasteiger charge is -2.14. The van der Waals surface area contributed by atoms with E-state index >= 15 is 0 Å². The largest absolute Gasteiger partial charge is 0.490 e. The summed E-state index contributed by atoms with van der Waals surface area (Å²) in [4.78, 5) is 38.9. The summed E-state index contributed by atoms with van der Waals surface area (Å²) in [5.41, 5.74) is 2.13. The Hall–Kier alpha value is -4.58. The van der Waals surface area contributed by atoms with Crippen LogP contribution in [0.1, 0.15) is 35.5 Å². The van der Waals surface area contributed by atoms with Crippen LogP contribution in [0.2, 0.25) is 0 Å². The zero-order chi connectivity index (χ0) is 25.4. The summed E-state index contributed by atoms with van der Waals surface area (Å²) in [5.74, 6) is -0.128. The Kier molecular flexibility index (Phi) is 8.24. The molecule has 0 aliphatic rings. The van der Waals surface area contributed by atoms with Crippen LogP contribution < -0.4 is 20.3 Å². The molecule has 9 heteroatoms. The van der Waals surface area contributed by atoms with Crippen molar-refractivity contribution >= 4 is 17.6 Å². The molecule has 0 bridgehead atoms. The molecular weight excluding hydrogens is 450 g/mol. The van der Waals surface area contributed by atoms with E-state index in [1.165, 1.54) is 0 Å². The molecule has 180 valence electrons. The molecule has 0 saturated carbocycles. The first-order valence-corrected chi connectivity index (χ1v) is 11.0. The van der Waals surface area contributed by atoms with Gasteiger partial charge in [0.05, 0.1) is 18.8 Å². The Morgan fingerprint density at radius 1 is 1.00 bits per heavy atom. The molecule has 1 amide bonds. The summed E-state index contributed by atoms with van der Waals surface area (Å²) in [7, 11) is 0. The minimum Gasteiger partial charge on any atom is -0.490 e. The number of hydrogen-bond acceptors (Lipinski definition) is 7. The Balaban J connectivity index is 1.73. The summed E-state index contributed by atoms with van der Waals surface area (Å²) in [5, 5.41) is 12.1. The number of nitrogens with zero attached hydrogens (tertiary/aromatic N) is 1. The lowest BCUT2D eigenvalue weighted by atomic mass is 10.0. The number of benzene rings is 2. The second-order valence-electron chi connectivity index (χ2n) is 7.41. The summed E-state index contributed by atoms with van der Waals surface area (Å²) in [6.07, 6.45) is 0. The minimum atomic E-state index is -0.465. The highest BCUT2D eigenvalue weighted by atomic mass is 16.5. The molecule has 3 rings (SSSR count). The first-order chi connectivity index (χ1) is 16.9. The van der Waals surface area contributed by atoms with Gasteiger partial charge in [0.2, 0.25) is 0 Å². The third kappa shape index (κ3) is 6.26. The highest BCUT2D eigenvalue weighted by Crippen LogP contribution is 2.33. The van der Waals surface area contributed by atoms with Crippen LogP contribution >= 0.6 is 0 Å². The van der Waals surface area contributed by atoms with Gasteiger partial charge < -0.3 is 24.5 Å². The average molecular weight is 476 g/mol. The van der Waals surface area contributed by atoms with Gasteiger partial charge in [0.1, 0.15) is 11.6 Å². The predicted octanol–water partition coefficient (Wildman–Crippen LogP) is 3.81. The number of pyridine rings is 1. The van der Waals surface area contributed by atoms with Crippen LogP contribution in [-0.4, -0.2) is 36.7 Å². The normalized spacial score (nSPS) is 10.2. The van der Waals surface area contributed by atoms with Crippen molar-refractivity contribution in [2.45, 2.75) is 20.8 Å². The van der Waals surface area contributed by atoms with Crippen LogP contribution in [0.5, 0.6) is 11.5 Å². The first kappa shape index (κ1) is 25.1. The molecule has 0 saturated heterocycles. The van der Waals surface area contributed by atoms with Crippen molar-refractivity contribution in [1.29, 1.82) is 5.26 Å². The molecule has 2 aromatic carbocycles. The smallest absolute Gasteiger partial charge is 0.338 e. The lowest BCUT2D eigenvalue weighted by molar-refractivity contribution is -0.118. The van der Waals surface area contributed by atoms with Crippen LogP contribution in [0.25, 0.3) is 11.1 Å². The average Bonchev–Trinajstić information content (AvgIpc) is 2.83. The molecule has 0 unspecified atom stereocenters. The SMILES string of the molecule is CCOC(=O)c1ccc(NC(=O)COc2ccc(-c3cc(C)[nH]c(=O)c3C#N)cc2OCC)cc1. The Labute approximate surface area is 202 Å². The molecule has 0 spiro atoms. The molecule has 3 aromatic rings. The number of aromatic amines is 1. The molecule has 0 atom stereocenters. The van der Waals surface area contributed by atoms with E-state index in [4.69, 9.17) is 14.2 Å². The quantitative estimate of drug-likeness (QED) is 0.450. The molecule has 9 nitrogen and oxygen atoms in total. The van der Waals surface area contributed by atoms with E-state index < -0.39 is 17.4 Å². The van der Waals surface area contributed by atoms with Gasteiger partial charge in [-0.1, -0.05) is 6.07 Å². The Morgan fingerprint density at radius 2 is 1.74 bits per heavy atom. The van der Waals surface area contributed by atoms with Crippen LogP contribution in [0.4, 0.5) is 5.69 Å². The number of aromatic nitrogens is 1. The van der Waals surface area contributed by atoms with Crippen molar-refractivity contribution in [2.24, 2.45) is 0 Å². The maximum atomic E-state index is 12.4. The van der Waals surface area contributed by atoms with Gasteiger partial charge in [-0.25, -0.2) is 4.79 Å². The van der Waals surface area contributed by atoms with Crippen LogP contribution in [-0.2, 0) is 9.53 Å². The summed E-state index contributed by atoms with van der Waals surface area (Å²) in [6, 6.07) is 15.0. The number of amides is 1. The highest BCUT2D eigenvalue weighted by Gasteiger charge is 2.15. The second-order valence-corrected chi connectivity index (χ2v) is 7.41. The standard InChI is InChI=1S/C26H25N3O6/c1-4-33-23-13-18(20-12-16(3)28-25(31)21(20)14-27)8-11-22(23)35-15-24(30)29-19-9-6-17(7-10-19)26(32)34-5-2/h6-13H,4-5,15H2,1-3H3,(H,28,31)(H,29,30). The van der Waals surface area contributed by atoms with E-state index in [0.29, 0.717) is 46.2 Å². The zero-order valence-corrected chi connectivity index (χ0v) is 19.6. The minimum absolute atomic E-state index is 0.0000646. The number of ether oxygens (including phenoxy) is 3. The van der Waals surface area contributed by atoms with Gasteiger partial charge in [-0.2, -0.15) is 5.26 Å². The molecule has 35 heavy (non-hydrogen) atoms. The monoisotopic (exact) mass is 475 g/mol. The maximum Gasteiger partial charge on any atom is 0.338 e. The molecule has 0 aliphatic carbocycles. The highest BCUT2D eigenvalue weighted by molar-refractivity contribution is 5.93. The van der Waals surface area contributed by atoms with Crippen molar-refractivity contribution in [2.75, 3.05) is 25.1 Å². The summed E-state index contributed by atoms with van der Waals surface area (Å²) in [6.45, 7) is 5.61. The molecule has 0 fully saturated rings.